The SMILES string of the molecule is CCCCC(CNC(=O)OC(C)(C)C)NC(=NC)NCCc1ccco1. The Morgan fingerprint density at radius 2 is 2.12 bits per heavy atom. The molecule has 0 aromatic carbocycles. The number of hydrogen-bond acceptors (Lipinski definition) is 4. The summed E-state index contributed by atoms with van der Waals surface area (Å²) in [5, 5.41) is 9.48. The van der Waals surface area contributed by atoms with Gasteiger partial charge in [-0.15, -0.1) is 0 Å². The number of carbonyl (C=O) groups excluding carboxylic acids is 1. The number of furan rings is 1. The van der Waals surface area contributed by atoms with Crippen molar-refractivity contribution in [2.75, 3.05) is 20.1 Å². The van der Waals surface area contributed by atoms with Crippen LogP contribution in [0.3, 0.4) is 0 Å². The Kier molecular flexibility index (Phi) is 9.62. The van der Waals surface area contributed by atoms with Crippen LogP contribution in [0.2, 0.25) is 0 Å². The molecule has 0 bridgehead atoms. The molecule has 1 rings (SSSR count). The number of unbranched alkanes of at least 4 members (excludes halogenated alkanes) is 1. The van der Waals surface area contributed by atoms with E-state index in [4.69, 9.17) is 9.15 Å². The summed E-state index contributed by atoms with van der Waals surface area (Å²) in [4.78, 5) is 16.1. The van der Waals surface area contributed by atoms with E-state index in [0.29, 0.717) is 19.0 Å². The van der Waals surface area contributed by atoms with Crippen molar-refractivity contribution in [2.45, 2.75) is 65.0 Å². The van der Waals surface area contributed by atoms with E-state index in [-0.39, 0.29) is 6.04 Å². The van der Waals surface area contributed by atoms with Crippen LogP contribution in [0.4, 0.5) is 4.79 Å². The molecule has 0 fully saturated rings. The van der Waals surface area contributed by atoms with Crippen LogP contribution in [0, 0.1) is 0 Å². The van der Waals surface area contributed by atoms with Gasteiger partial charge in [0.1, 0.15) is 11.4 Å². The summed E-state index contributed by atoms with van der Waals surface area (Å²) in [7, 11) is 1.74. The first kappa shape index (κ1) is 21.9. The average Bonchev–Trinajstić information content (AvgIpc) is 3.07. The maximum Gasteiger partial charge on any atom is 0.407 e. The molecule has 1 amide bonds. The third kappa shape index (κ3) is 9.96. The van der Waals surface area contributed by atoms with Crippen LogP contribution in [0.5, 0.6) is 0 Å². The molecular formula is C19H34N4O3. The lowest BCUT2D eigenvalue weighted by Gasteiger charge is -2.24. The van der Waals surface area contributed by atoms with Crippen molar-refractivity contribution < 1.29 is 13.9 Å². The first-order valence-electron chi connectivity index (χ1n) is 9.30. The predicted octanol–water partition coefficient (Wildman–Crippen LogP) is 3.07. The van der Waals surface area contributed by atoms with Gasteiger partial charge in [-0.3, -0.25) is 4.99 Å². The number of ether oxygens (including phenoxy) is 1. The Morgan fingerprint density at radius 1 is 1.35 bits per heavy atom. The number of nitrogens with one attached hydrogen (secondary N) is 3. The zero-order valence-corrected chi connectivity index (χ0v) is 16.7. The van der Waals surface area contributed by atoms with Gasteiger partial charge in [-0.1, -0.05) is 19.8 Å². The fourth-order valence-electron chi connectivity index (χ4n) is 2.34. The molecule has 1 atom stereocenters. The lowest BCUT2D eigenvalue weighted by Crippen LogP contribution is -2.49. The second kappa shape index (κ2) is 11.4. The van der Waals surface area contributed by atoms with E-state index in [0.717, 1.165) is 31.4 Å². The maximum atomic E-state index is 11.9. The standard InChI is InChI=1S/C19H34N4O3/c1-6-7-9-15(14-22-18(24)26-19(2,3)4)23-17(20-5)21-12-11-16-10-8-13-25-16/h8,10,13,15H,6-7,9,11-12,14H2,1-5H3,(H,22,24)(H2,20,21,23). The van der Waals surface area contributed by atoms with Gasteiger partial charge in [0, 0.05) is 32.6 Å². The summed E-state index contributed by atoms with van der Waals surface area (Å²) in [5.74, 6) is 1.64. The molecule has 0 saturated carbocycles. The highest BCUT2D eigenvalue weighted by molar-refractivity contribution is 5.80. The Morgan fingerprint density at radius 3 is 2.69 bits per heavy atom. The predicted molar refractivity (Wildman–Crippen MR) is 104 cm³/mol. The molecule has 1 unspecified atom stereocenters. The van der Waals surface area contributed by atoms with Gasteiger partial charge < -0.3 is 25.1 Å². The van der Waals surface area contributed by atoms with Crippen LogP contribution in [0.15, 0.2) is 27.8 Å². The van der Waals surface area contributed by atoms with Crippen molar-refractivity contribution >= 4 is 12.1 Å². The number of alkyl carbamates (subject to hydrolysis) is 1. The normalized spacial score (nSPS) is 13.2. The summed E-state index contributed by atoms with van der Waals surface area (Å²) < 4.78 is 10.6. The zero-order valence-electron chi connectivity index (χ0n) is 16.7. The molecule has 1 aromatic rings. The zero-order chi connectivity index (χ0) is 19.4. The molecule has 1 aromatic heterocycles. The lowest BCUT2D eigenvalue weighted by atomic mass is 10.1. The monoisotopic (exact) mass is 366 g/mol. The summed E-state index contributed by atoms with van der Waals surface area (Å²) in [5.41, 5.74) is -0.500. The van der Waals surface area contributed by atoms with Crippen LogP contribution in [0.1, 0.15) is 52.7 Å². The first-order chi connectivity index (χ1) is 12.3. The van der Waals surface area contributed by atoms with Gasteiger partial charge in [-0.2, -0.15) is 0 Å². The van der Waals surface area contributed by atoms with Crippen molar-refractivity contribution in [2.24, 2.45) is 4.99 Å². The Bertz CT molecular complexity index is 535. The summed E-state index contributed by atoms with van der Waals surface area (Å²) >= 11 is 0. The number of amides is 1. The maximum absolute atomic E-state index is 11.9. The lowest BCUT2D eigenvalue weighted by molar-refractivity contribution is 0.0523. The average molecular weight is 367 g/mol. The molecule has 0 aliphatic carbocycles. The summed E-state index contributed by atoms with van der Waals surface area (Å²) in [6, 6.07) is 3.91. The fourth-order valence-corrected chi connectivity index (χ4v) is 2.34. The number of guanidine groups is 1. The van der Waals surface area contributed by atoms with E-state index in [1.165, 1.54) is 0 Å². The highest BCUT2D eigenvalue weighted by Gasteiger charge is 2.18. The largest absolute Gasteiger partial charge is 0.469 e. The van der Waals surface area contributed by atoms with Crippen LogP contribution < -0.4 is 16.0 Å². The van der Waals surface area contributed by atoms with E-state index >= 15 is 0 Å². The van der Waals surface area contributed by atoms with Crippen LogP contribution in [-0.2, 0) is 11.2 Å². The van der Waals surface area contributed by atoms with Gasteiger partial charge in [-0.05, 0) is 39.3 Å². The molecule has 0 aliphatic heterocycles. The van der Waals surface area contributed by atoms with Crippen LogP contribution in [-0.4, -0.2) is 43.8 Å². The van der Waals surface area contributed by atoms with Crippen molar-refractivity contribution in [3.63, 3.8) is 0 Å². The summed E-state index contributed by atoms with van der Waals surface area (Å²) in [6.07, 6.45) is 5.15. The van der Waals surface area contributed by atoms with Crippen LogP contribution >= 0.6 is 0 Å². The quantitative estimate of drug-likeness (QED) is 0.462. The number of rotatable bonds is 9. The first-order valence-corrected chi connectivity index (χ1v) is 9.30. The van der Waals surface area contributed by atoms with E-state index in [1.54, 1.807) is 13.3 Å². The topological polar surface area (TPSA) is 87.9 Å². The molecule has 7 heteroatoms. The molecule has 1 heterocycles. The molecule has 0 aliphatic rings. The molecule has 7 nitrogen and oxygen atoms in total. The van der Waals surface area contributed by atoms with Crippen molar-refractivity contribution in [1.82, 2.24) is 16.0 Å². The van der Waals surface area contributed by atoms with E-state index in [2.05, 4.69) is 27.9 Å². The number of carbonyl (C=O) groups is 1. The fraction of sp³-hybridized carbons (Fsp3) is 0.684. The molecular weight excluding hydrogens is 332 g/mol. The van der Waals surface area contributed by atoms with Crippen molar-refractivity contribution in [1.29, 1.82) is 0 Å². The van der Waals surface area contributed by atoms with Gasteiger partial charge in [0.2, 0.25) is 0 Å². The number of aliphatic imine (C=N–C) groups is 1. The smallest absolute Gasteiger partial charge is 0.407 e. The molecule has 0 spiro atoms. The second-order valence-electron chi connectivity index (χ2n) is 7.19. The van der Waals surface area contributed by atoms with E-state index in [1.807, 2.05) is 32.9 Å². The minimum absolute atomic E-state index is 0.0808. The van der Waals surface area contributed by atoms with Gasteiger partial charge in [0.15, 0.2) is 5.96 Å². The Labute approximate surface area is 157 Å². The Balaban J connectivity index is 2.45. The third-order valence-corrected chi connectivity index (χ3v) is 3.61. The Hall–Kier alpha value is -2.18. The minimum atomic E-state index is -0.500. The number of nitrogens with zero attached hydrogens (tertiary/aromatic N) is 1. The van der Waals surface area contributed by atoms with Gasteiger partial charge in [-0.25, -0.2) is 4.79 Å². The third-order valence-electron chi connectivity index (χ3n) is 3.61. The molecule has 148 valence electrons. The second-order valence-corrected chi connectivity index (χ2v) is 7.19. The minimum Gasteiger partial charge on any atom is -0.469 e. The van der Waals surface area contributed by atoms with Gasteiger partial charge in [0.05, 0.1) is 6.26 Å². The van der Waals surface area contributed by atoms with Crippen molar-refractivity contribution in [3.8, 4) is 0 Å². The van der Waals surface area contributed by atoms with E-state index in [9.17, 15) is 4.79 Å². The number of hydrogen-bond donors (Lipinski definition) is 3. The molecule has 0 radical (unpaired) electrons. The molecule has 0 saturated heterocycles. The van der Waals surface area contributed by atoms with Gasteiger partial charge >= 0.3 is 6.09 Å². The van der Waals surface area contributed by atoms with Crippen LogP contribution in [0.25, 0.3) is 0 Å². The van der Waals surface area contributed by atoms with Gasteiger partial charge in [0.25, 0.3) is 0 Å². The van der Waals surface area contributed by atoms with E-state index < -0.39 is 11.7 Å². The molecule has 3 N–H and O–H groups in total. The molecule has 26 heavy (non-hydrogen) atoms. The summed E-state index contributed by atoms with van der Waals surface area (Å²) in [6.45, 7) is 8.90. The highest BCUT2D eigenvalue weighted by Crippen LogP contribution is 2.07. The van der Waals surface area contributed by atoms with Crippen molar-refractivity contribution in [3.05, 3.63) is 24.2 Å². The highest BCUT2D eigenvalue weighted by atomic mass is 16.6.